The molecule has 0 fully saturated rings. The molecule has 7 nitrogen and oxygen atoms in total. The highest BCUT2D eigenvalue weighted by Crippen LogP contribution is 2.48. The Bertz CT molecular complexity index is 1000. The van der Waals surface area contributed by atoms with Gasteiger partial charge in [-0.15, -0.1) is 11.3 Å². The van der Waals surface area contributed by atoms with Gasteiger partial charge < -0.3 is 24.8 Å². The third-order valence-corrected chi connectivity index (χ3v) is 4.80. The molecule has 0 aliphatic carbocycles. The second-order valence-corrected chi connectivity index (χ2v) is 6.63. The minimum atomic E-state index is -0.173. The standard InChI is InChI=1S/C18H13N3O4S/c22-15-8-23-13-3-1-10(7-12(13)20-15)16-11(21-18-19-5-6-26-18)2-4-14-17(16)25-9-24-14/h1-7H,8-9H2,(H,19,21)(H,20,22). The van der Waals surface area contributed by atoms with Crippen molar-refractivity contribution in [2.24, 2.45) is 0 Å². The van der Waals surface area contributed by atoms with Crippen LogP contribution in [0.2, 0.25) is 0 Å². The minimum absolute atomic E-state index is 0.0287. The van der Waals surface area contributed by atoms with Gasteiger partial charge in [-0.25, -0.2) is 4.98 Å². The summed E-state index contributed by atoms with van der Waals surface area (Å²) in [5, 5.41) is 8.84. The molecule has 1 amide bonds. The van der Waals surface area contributed by atoms with E-state index in [1.165, 1.54) is 11.3 Å². The highest BCUT2D eigenvalue weighted by molar-refractivity contribution is 7.13. The second-order valence-electron chi connectivity index (χ2n) is 5.73. The largest absolute Gasteiger partial charge is 0.482 e. The monoisotopic (exact) mass is 367 g/mol. The fourth-order valence-corrected chi connectivity index (χ4v) is 3.54. The fourth-order valence-electron chi connectivity index (χ4n) is 3.00. The zero-order valence-electron chi connectivity index (χ0n) is 13.4. The number of hydrogen-bond donors (Lipinski definition) is 2. The van der Waals surface area contributed by atoms with E-state index >= 15 is 0 Å². The van der Waals surface area contributed by atoms with Gasteiger partial charge in [-0.2, -0.15) is 0 Å². The van der Waals surface area contributed by atoms with E-state index in [1.54, 1.807) is 6.20 Å². The normalized spacial score (nSPS) is 14.4. The number of ether oxygens (including phenoxy) is 3. The van der Waals surface area contributed by atoms with Gasteiger partial charge in [0.25, 0.3) is 5.91 Å². The molecule has 2 aromatic carbocycles. The molecule has 8 heteroatoms. The van der Waals surface area contributed by atoms with E-state index in [0.717, 1.165) is 21.9 Å². The number of aromatic nitrogens is 1. The highest BCUT2D eigenvalue weighted by atomic mass is 32.1. The maximum absolute atomic E-state index is 11.6. The Labute approximate surface area is 152 Å². The Hall–Kier alpha value is -3.26. The van der Waals surface area contributed by atoms with Crippen LogP contribution in [0.3, 0.4) is 0 Å². The molecule has 0 saturated carbocycles. The molecule has 0 radical (unpaired) electrons. The van der Waals surface area contributed by atoms with Gasteiger partial charge in [-0.1, -0.05) is 6.07 Å². The molecule has 5 rings (SSSR count). The molecule has 0 spiro atoms. The lowest BCUT2D eigenvalue weighted by atomic mass is 10.0. The number of carbonyl (C=O) groups is 1. The van der Waals surface area contributed by atoms with E-state index in [1.807, 2.05) is 35.7 Å². The fraction of sp³-hybridized carbons (Fsp3) is 0.111. The molecule has 0 unspecified atom stereocenters. The molecular weight excluding hydrogens is 354 g/mol. The number of hydrogen-bond acceptors (Lipinski definition) is 7. The van der Waals surface area contributed by atoms with Crippen LogP contribution in [0.15, 0.2) is 41.9 Å². The smallest absolute Gasteiger partial charge is 0.262 e. The van der Waals surface area contributed by atoms with Gasteiger partial charge in [0.2, 0.25) is 6.79 Å². The SMILES string of the molecule is O=C1COc2ccc(-c3c(Nc4nccs4)ccc4c3OCO4)cc2N1. The van der Waals surface area contributed by atoms with E-state index in [9.17, 15) is 4.79 Å². The number of benzene rings is 2. The number of nitrogens with one attached hydrogen (secondary N) is 2. The van der Waals surface area contributed by atoms with Crippen molar-refractivity contribution < 1.29 is 19.0 Å². The van der Waals surface area contributed by atoms with Gasteiger partial charge in [-0.3, -0.25) is 4.79 Å². The Balaban J connectivity index is 1.64. The first-order valence-corrected chi connectivity index (χ1v) is 8.82. The van der Waals surface area contributed by atoms with Gasteiger partial charge in [0.15, 0.2) is 23.2 Å². The highest BCUT2D eigenvalue weighted by Gasteiger charge is 2.24. The predicted molar refractivity (Wildman–Crippen MR) is 97.5 cm³/mol. The van der Waals surface area contributed by atoms with Gasteiger partial charge in [-0.05, 0) is 29.8 Å². The summed E-state index contributed by atoms with van der Waals surface area (Å²) >= 11 is 1.51. The van der Waals surface area contributed by atoms with Gasteiger partial charge in [0.05, 0.1) is 16.9 Å². The third kappa shape index (κ3) is 2.51. The van der Waals surface area contributed by atoms with Crippen LogP contribution in [0.25, 0.3) is 11.1 Å². The average Bonchev–Trinajstić information content (AvgIpc) is 3.32. The maximum Gasteiger partial charge on any atom is 0.262 e. The van der Waals surface area contributed by atoms with Crippen molar-refractivity contribution in [3.8, 4) is 28.4 Å². The van der Waals surface area contributed by atoms with Gasteiger partial charge in [0, 0.05) is 11.6 Å². The average molecular weight is 367 g/mol. The van der Waals surface area contributed by atoms with Crippen molar-refractivity contribution >= 4 is 33.8 Å². The Kier molecular flexibility index (Phi) is 3.42. The molecular formula is C18H13N3O4S. The summed E-state index contributed by atoms with van der Waals surface area (Å²) in [6, 6.07) is 9.44. The Morgan fingerprint density at radius 1 is 1.12 bits per heavy atom. The molecule has 3 heterocycles. The Morgan fingerprint density at radius 2 is 2.04 bits per heavy atom. The molecule has 2 aliphatic rings. The van der Waals surface area contributed by atoms with Crippen molar-refractivity contribution in [2.75, 3.05) is 24.0 Å². The van der Waals surface area contributed by atoms with Crippen LogP contribution in [0.5, 0.6) is 17.2 Å². The first-order valence-electron chi connectivity index (χ1n) is 7.94. The van der Waals surface area contributed by atoms with Crippen LogP contribution in [0.4, 0.5) is 16.5 Å². The lowest BCUT2D eigenvalue weighted by Crippen LogP contribution is -2.25. The third-order valence-electron chi connectivity index (χ3n) is 4.11. The lowest BCUT2D eigenvalue weighted by Gasteiger charge is -2.20. The van der Waals surface area contributed by atoms with E-state index in [-0.39, 0.29) is 19.3 Å². The summed E-state index contributed by atoms with van der Waals surface area (Å²) in [5.74, 6) is 1.82. The molecule has 26 heavy (non-hydrogen) atoms. The molecule has 2 aliphatic heterocycles. The van der Waals surface area contributed by atoms with Gasteiger partial charge in [0.1, 0.15) is 5.75 Å². The molecule has 130 valence electrons. The topological polar surface area (TPSA) is 81.7 Å². The Morgan fingerprint density at radius 3 is 2.92 bits per heavy atom. The first kappa shape index (κ1) is 15.0. The minimum Gasteiger partial charge on any atom is -0.482 e. The van der Waals surface area contributed by atoms with E-state index in [2.05, 4.69) is 15.6 Å². The van der Waals surface area contributed by atoms with Crippen LogP contribution in [0.1, 0.15) is 0 Å². The number of thiazole rings is 1. The number of anilines is 3. The molecule has 0 atom stereocenters. The van der Waals surface area contributed by atoms with Crippen LogP contribution in [-0.4, -0.2) is 24.3 Å². The van der Waals surface area contributed by atoms with Crippen LogP contribution in [-0.2, 0) is 4.79 Å². The molecule has 0 bridgehead atoms. The van der Waals surface area contributed by atoms with Gasteiger partial charge >= 0.3 is 0 Å². The number of fused-ring (bicyclic) bond motifs is 2. The van der Waals surface area contributed by atoms with E-state index < -0.39 is 0 Å². The quantitative estimate of drug-likeness (QED) is 0.736. The van der Waals surface area contributed by atoms with Crippen LogP contribution >= 0.6 is 11.3 Å². The summed E-state index contributed by atoms with van der Waals surface area (Å²) < 4.78 is 16.7. The van der Waals surface area contributed by atoms with E-state index in [4.69, 9.17) is 14.2 Å². The molecule has 3 aromatic rings. The molecule has 1 aromatic heterocycles. The zero-order valence-corrected chi connectivity index (χ0v) is 14.3. The van der Waals surface area contributed by atoms with Crippen LogP contribution in [0, 0.1) is 0 Å². The van der Waals surface area contributed by atoms with Crippen molar-refractivity contribution in [1.29, 1.82) is 0 Å². The van der Waals surface area contributed by atoms with Crippen LogP contribution < -0.4 is 24.8 Å². The number of carbonyl (C=O) groups excluding carboxylic acids is 1. The van der Waals surface area contributed by atoms with Crippen molar-refractivity contribution in [2.45, 2.75) is 0 Å². The number of nitrogens with zero attached hydrogens (tertiary/aromatic N) is 1. The van der Waals surface area contributed by atoms with E-state index in [0.29, 0.717) is 22.9 Å². The zero-order chi connectivity index (χ0) is 17.5. The molecule has 2 N–H and O–H groups in total. The maximum atomic E-state index is 11.6. The molecule has 0 saturated heterocycles. The number of amides is 1. The summed E-state index contributed by atoms with van der Waals surface area (Å²) in [4.78, 5) is 15.9. The van der Waals surface area contributed by atoms with Crippen molar-refractivity contribution in [3.63, 3.8) is 0 Å². The second kappa shape index (κ2) is 5.92. The summed E-state index contributed by atoms with van der Waals surface area (Å²) in [6.45, 7) is 0.203. The summed E-state index contributed by atoms with van der Waals surface area (Å²) in [6.07, 6.45) is 1.74. The predicted octanol–water partition coefficient (Wildman–Crippen LogP) is 3.61. The number of rotatable bonds is 3. The van der Waals surface area contributed by atoms with Crippen molar-refractivity contribution in [3.05, 3.63) is 41.9 Å². The lowest BCUT2D eigenvalue weighted by molar-refractivity contribution is -0.118. The summed E-state index contributed by atoms with van der Waals surface area (Å²) in [7, 11) is 0. The van der Waals surface area contributed by atoms with Crippen molar-refractivity contribution in [1.82, 2.24) is 4.98 Å². The summed E-state index contributed by atoms with van der Waals surface area (Å²) in [5.41, 5.74) is 3.19. The first-order chi connectivity index (χ1) is 12.8.